The molecule has 0 bridgehead atoms. The first-order chi connectivity index (χ1) is 33.6. The lowest BCUT2D eigenvalue weighted by atomic mass is 9.66. The van der Waals surface area contributed by atoms with Gasteiger partial charge in [0.1, 0.15) is 11.2 Å². The van der Waals surface area contributed by atoms with Gasteiger partial charge in [0.2, 0.25) is 0 Å². The molecule has 2 fully saturated rings. The standard InChI is InChI=1S/C64H48N2OS/c1-4-15-39(16-5-1)62-65-56(42-24-27-46-45-18-7-9-22-58(45)67-59(46)35-42)38-57(66-62)48-20-14-19-47-51-33-40(25-28-60(51)68-61(47)48)41-23-26-44-50-37-54-49(36-55(50)64(53(44)34-41)31-12-3-13-32-64)43-17-6-8-21-52(43)63(54)29-10-2-11-30-63/h1,4-9,14-28,33-38H,2-3,10-13,29-32H2. The molecule has 68 heavy (non-hydrogen) atoms. The molecule has 0 atom stereocenters. The Balaban J connectivity index is 0.847. The molecule has 4 heteroatoms. The molecule has 15 rings (SSSR count). The van der Waals surface area contributed by atoms with E-state index in [1.807, 2.05) is 29.5 Å². The Bertz CT molecular complexity index is 3880. The summed E-state index contributed by atoms with van der Waals surface area (Å²) in [4.78, 5) is 10.5. The molecule has 4 aliphatic carbocycles. The predicted molar refractivity (Wildman–Crippen MR) is 283 cm³/mol. The summed E-state index contributed by atoms with van der Waals surface area (Å²) in [7, 11) is 0. The first kappa shape index (κ1) is 38.9. The maximum absolute atomic E-state index is 6.35. The first-order valence-corrected chi connectivity index (χ1v) is 25.7. The Morgan fingerprint density at radius 2 is 0.985 bits per heavy atom. The van der Waals surface area contributed by atoms with E-state index in [0.29, 0.717) is 5.82 Å². The predicted octanol–water partition coefficient (Wildman–Crippen LogP) is 17.9. The minimum absolute atomic E-state index is 0.0616. The third-order valence-corrected chi connectivity index (χ3v) is 17.9. The summed E-state index contributed by atoms with van der Waals surface area (Å²) < 4.78 is 8.87. The molecule has 4 aliphatic rings. The van der Waals surface area contributed by atoms with E-state index in [-0.39, 0.29) is 10.8 Å². The zero-order chi connectivity index (χ0) is 44.6. The van der Waals surface area contributed by atoms with E-state index >= 15 is 0 Å². The number of para-hydroxylation sites is 1. The second-order valence-electron chi connectivity index (χ2n) is 20.2. The smallest absolute Gasteiger partial charge is 0.160 e. The molecular formula is C64H48N2OS. The van der Waals surface area contributed by atoms with Crippen LogP contribution in [0.25, 0.3) is 109 Å². The number of thiophene rings is 1. The van der Waals surface area contributed by atoms with Gasteiger partial charge in [0, 0.05) is 58.5 Å². The molecule has 326 valence electrons. The summed E-state index contributed by atoms with van der Waals surface area (Å²) in [6, 6.07) is 63.4. The molecule has 3 aromatic heterocycles. The molecule has 3 nitrogen and oxygen atoms in total. The minimum atomic E-state index is 0.0616. The highest BCUT2D eigenvalue weighted by molar-refractivity contribution is 7.26. The lowest BCUT2D eigenvalue weighted by molar-refractivity contribution is 0.350. The SMILES string of the molecule is c1ccc(-c2nc(-c3ccc4c(c3)oc3ccccc34)cc(-c3cccc4c3sc3ccc(-c5ccc6c(c5)C5(CCCCC5)c5cc7c(cc5-6)C5(CCCCC5)c5ccccc5-7)cc34)n2)cc1. The summed E-state index contributed by atoms with van der Waals surface area (Å²) >= 11 is 1.86. The molecule has 2 saturated carbocycles. The van der Waals surface area contributed by atoms with Gasteiger partial charge in [-0.2, -0.15) is 0 Å². The summed E-state index contributed by atoms with van der Waals surface area (Å²) in [5, 5.41) is 4.79. The zero-order valence-electron chi connectivity index (χ0n) is 37.9. The topological polar surface area (TPSA) is 38.9 Å². The fourth-order valence-corrected chi connectivity index (χ4v) is 14.7. The average Bonchev–Trinajstić information content (AvgIpc) is 4.12. The van der Waals surface area contributed by atoms with E-state index in [1.54, 1.807) is 22.3 Å². The van der Waals surface area contributed by atoms with Crippen molar-refractivity contribution < 1.29 is 4.42 Å². The minimum Gasteiger partial charge on any atom is -0.456 e. The quantitative estimate of drug-likeness (QED) is 0.177. The average molecular weight is 893 g/mol. The van der Waals surface area contributed by atoms with Crippen LogP contribution in [-0.4, -0.2) is 9.97 Å². The van der Waals surface area contributed by atoms with Crippen LogP contribution < -0.4 is 0 Å². The van der Waals surface area contributed by atoms with Gasteiger partial charge in [-0.1, -0.05) is 154 Å². The van der Waals surface area contributed by atoms with Gasteiger partial charge in [-0.05, 0) is 136 Å². The van der Waals surface area contributed by atoms with Crippen molar-refractivity contribution in [2.24, 2.45) is 0 Å². The summed E-state index contributed by atoms with van der Waals surface area (Å²) in [5.41, 5.74) is 21.8. The Morgan fingerprint density at radius 1 is 0.368 bits per heavy atom. The van der Waals surface area contributed by atoms with Crippen molar-refractivity contribution in [2.75, 3.05) is 0 Å². The number of hydrogen-bond acceptors (Lipinski definition) is 4. The maximum Gasteiger partial charge on any atom is 0.160 e. The Morgan fingerprint density at radius 3 is 1.81 bits per heavy atom. The van der Waals surface area contributed by atoms with E-state index < -0.39 is 0 Å². The van der Waals surface area contributed by atoms with Crippen LogP contribution in [0.1, 0.15) is 86.5 Å². The monoisotopic (exact) mass is 892 g/mol. The molecule has 3 heterocycles. The van der Waals surface area contributed by atoms with Gasteiger partial charge in [0.05, 0.1) is 11.4 Å². The van der Waals surface area contributed by atoms with Crippen molar-refractivity contribution in [3.05, 3.63) is 192 Å². The summed E-state index contributed by atoms with van der Waals surface area (Å²) in [6.45, 7) is 0. The largest absolute Gasteiger partial charge is 0.456 e. The summed E-state index contributed by atoms with van der Waals surface area (Å²) in [5.74, 6) is 0.709. The van der Waals surface area contributed by atoms with Gasteiger partial charge in [-0.15, -0.1) is 11.3 Å². The normalized spacial score (nSPS) is 16.5. The zero-order valence-corrected chi connectivity index (χ0v) is 38.8. The molecule has 2 spiro atoms. The van der Waals surface area contributed by atoms with Crippen LogP contribution in [0.5, 0.6) is 0 Å². The fraction of sp³-hybridized carbons (Fsp3) is 0.188. The molecule has 0 aliphatic heterocycles. The van der Waals surface area contributed by atoms with Gasteiger partial charge in [0.15, 0.2) is 5.82 Å². The Labute approximate surface area is 400 Å². The Kier molecular flexibility index (Phi) is 8.40. The number of fused-ring (bicyclic) bond motifs is 16. The van der Waals surface area contributed by atoms with Gasteiger partial charge in [0.25, 0.3) is 0 Å². The highest BCUT2D eigenvalue weighted by Crippen LogP contribution is 2.62. The lowest BCUT2D eigenvalue weighted by Crippen LogP contribution is -2.29. The molecular weight excluding hydrogens is 845 g/mol. The number of rotatable bonds is 4. The lowest BCUT2D eigenvalue weighted by Gasteiger charge is -2.37. The fourth-order valence-electron chi connectivity index (χ4n) is 13.5. The number of nitrogens with zero attached hydrogens (tertiary/aromatic N) is 2. The van der Waals surface area contributed by atoms with E-state index in [4.69, 9.17) is 14.4 Å². The molecule has 0 saturated heterocycles. The Hall–Kier alpha value is -7.14. The van der Waals surface area contributed by atoms with Crippen molar-refractivity contribution >= 4 is 53.4 Å². The maximum atomic E-state index is 6.35. The van der Waals surface area contributed by atoms with Crippen molar-refractivity contribution in [1.29, 1.82) is 0 Å². The van der Waals surface area contributed by atoms with Gasteiger partial charge in [-0.3, -0.25) is 0 Å². The molecule has 0 amide bonds. The first-order valence-electron chi connectivity index (χ1n) is 24.9. The van der Waals surface area contributed by atoms with Crippen molar-refractivity contribution in [3.8, 4) is 67.3 Å². The molecule has 0 N–H and O–H groups in total. The van der Waals surface area contributed by atoms with E-state index in [1.165, 1.54) is 118 Å². The van der Waals surface area contributed by atoms with Crippen LogP contribution in [0, 0.1) is 0 Å². The molecule has 0 unspecified atom stereocenters. The highest BCUT2D eigenvalue weighted by atomic mass is 32.1. The highest BCUT2D eigenvalue weighted by Gasteiger charge is 2.49. The van der Waals surface area contributed by atoms with Gasteiger partial charge in [-0.25, -0.2) is 9.97 Å². The van der Waals surface area contributed by atoms with Crippen LogP contribution in [0.3, 0.4) is 0 Å². The van der Waals surface area contributed by atoms with Crippen LogP contribution in [0.4, 0.5) is 0 Å². The molecule has 0 radical (unpaired) electrons. The van der Waals surface area contributed by atoms with Crippen LogP contribution >= 0.6 is 11.3 Å². The van der Waals surface area contributed by atoms with Crippen LogP contribution in [0.15, 0.2) is 174 Å². The van der Waals surface area contributed by atoms with Crippen molar-refractivity contribution in [1.82, 2.24) is 9.97 Å². The summed E-state index contributed by atoms with van der Waals surface area (Å²) in [6.07, 6.45) is 12.9. The van der Waals surface area contributed by atoms with Crippen molar-refractivity contribution in [3.63, 3.8) is 0 Å². The molecule has 11 aromatic rings. The molecule has 8 aromatic carbocycles. The number of hydrogen-bond donors (Lipinski definition) is 0. The van der Waals surface area contributed by atoms with Gasteiger partial charge < -0.3 is 4.42 Å². The second kappa shape index (κ2) is 14.7. The number of furan rings is 1. The van der Waals surface area contributed by atoms with Crippen molar-refractivity contribution in [2.45, 2.75) is 75.0 Å². The number of aromatic nitrogens is 2. The van der Waals surface area contributed by atoms with Gasteiger partial charge >= 0.3 is 0 Å². The van der Waals surface area contributed by atoms with Crippen LogP contribution in [-0.2, 0) is 10.8 Å². The van der Waals surface area contributed by atoms with E-state index in [0.717, 1.165) is 50.0 Å². The second-order valence-corrected chi connectivity index (χ2v) is 21.2. The number of benzene rings is 8. The third-order valence-electron chi connectivity index (χ3n) is 16.7. The van der Waals surface area contributed by atoms with E-state index in [9.17, 15) is 0 Å². The van der Waals surface area contributed by atoms with E-state index in [2.05, 4.69) is 152 Å². The third kappa shape index (κ3) is 5.58. The van der Waals surface area contributed by atoms with Crippen LogP contribution in [0.2, 0.25) is 0 Å².